The highest BCUT2D eigenvalue weighted by atomic mass is 35.5. The number of hydrogen-bond acceptors (Lipinski definition) is 3. The van der Waals surface area contributed by atoms with Crippen molar-refractivity contribution in [2.24, 2.45) is 11.8 Å². The first-order valence-electron chi connectivity index (χ1n) is 7.80. The average Bonchev–Trinajstić information content (AvgIpc) is 2.92. The van der Waals surface area contributed by atoms with E-state index in [9.17, 15) is 0 Å². The van der Waals surface area contributed by atoms with Crippen LogP contribution in [0, 0.1) is 11.8 Å². The van der Waals surface area contributed by atoms with Crippen molar-refractivity contribution in [1.82, 2.24) is 10.3 Å². The quantitative estimate of drug-likeness (QED) is 0.827. The Morgan fingerprint density at radius 3 is 2.90 bits per heavy atom. The zero-order valence-electron chi connectivity index (χ0n) is 12.5. The molecule has 1 fully saturated rings. The van der Waals surface area contributed by atoms with Gasteiger partial charge < -0.3 is 11.1 Å². The molecule has 1 aromatic rings. The molecule has 3 atom stereocenters. The summed E-state index contributed by atoms with van der Waals surface area (Å²) in [5.74, 6) is 2.12. The molecular formula is C16H26ClN3. The van der Waals surface area contributed by atoms with Crippen molar-refractivity contribution in [3.63, 3.8) is 0 Å². The highest BCUT2D eigenvalue weighted by Crippen LogP contribution is 2.41. The van der Waals surface area contributed by atoms with Crippen molar-refractivity contribution in [1.29, 1.82) is 0 Å². The first-order valence-corrected chi connectivity index (χ1v) is 8.17. The lowest BCUT2D eigenvalue weighted by atomic mass is 9.90. The summed E-state index contributed by atoms with van der Waals surface area (Å²) in [6.45, 7) is 5.48. The second-order valence-electron chi connectivity index (χ2n) is 5.91. The Labute approximate surface area is 127 Å². The standard InChI is InChI=1S/C16H26ClN3/c1-3-7-19-15(12-6-5-11(4-2)8-12)14-9-13(17)10-20-16(14)18/h9-12,15,19H,3-8H2,1-2H3,(H2,18,20). The van der Waals surface area contributed by atoms with Crippen molar-refractivity contribution in [2.75, 3.05) is 12.3 Å². The van der Waals surface area contributed by atoms with Crippen molar-refractivity contribution in [2.45, 2.75) is 52.0 Å². The molecule has 0 aliphatic heterocycles. The molecule has 3 N–H and O–H groups in total. The average molecular weight is 296 g/mol. The van der Waals surface area contributed by atoms with E-state index >= 15 is 0 Å². The Hall–Kier alpha value is -0.800. The summed E-state index contributed by atoms with van der Waals surface area (Å²) in [5.41, 5.74) is 7.16. The molecule has 20 heavy (non-hydrogen) atoms. The summed E-state index contributed by atoms with van der Waals surface area (Å²) in [4.78, 5) is 4.22. The van der Waals surface area contributed by atoms with Crippen LogP contribution in [-0.2, 0) is 0 Å². The van der Waals surface area contributed by atoms with Crippen molar-refractivity contribution in [3.8, 4) is 0 Å². The maximum Gasteiger partial charge on any atom is 0.128 e. The van der Waals surface area contributed by atoms with Crippen molar-refractivity contribution in [3.05, 3.63) is 22.8 Å². The Morgan fingerprint density at radius 2 is 2.25 bits per heavy atom. The van der Waals surface area contributed by atoms with E-state index in [0.717, 1.165) is 24.4 Å². The Morgan fingerprint density at radius 1 is 1.45 bits per heavy atom. The van der Waals surface area contributed by atoms with Crippen LogP contribution in [0.2, 0.25) is 5.02 Å². The SMILES string of the molecule is CCCNC(c1cc(Cl)cnc1N)C1CCC(CC)C1. The minimum atomic E-state index is 0.290. The van der Waals surface area contributed by atoms with Gasteiger partial charge >= 0.3 is 0 Å². The van der Waals surface area contributed by atoms with Gasteiger partial charge in [-0.2, -0.15) is 0 Å². The number of aromatic nitrogens is 1. The maximum absolute atomic E-state index is 6.11. The van der Waals surface area contributed by atoms with Gasteiger partial charge in [0.1, 0.15) is 5.82 Å². The molecule has 4 heteroatoms. The van der Waals surface area contributed by atoms with Crippen LogP contribution in [-0.4, -0.2) is 11.5 Å². The highest BCUT2D eigenvalue weighted by molar-refractivity contribution is 6.30. The monoisotopic (exact) mass is 295 g/mol. The van der Waals surface area contributed by atoms with Crippen molar-refractivity contribution < 1.29 is 0 Å². The fourth-order valence-electron chi connectivity index (χ4n) is 3.33. The number of halogens is 1. The molecule has 0 radical (unpaired) electrons. The number of hydrogen-bond donors (Lipinski definition) is 2. The lowest BCUT2D eigenvalue weighted by Gasteiger charge is -2.26. The smallest absolute Gasteiger partial charge is 0.128 e. The molecule has 1 aromatic heterocycles. The predicted molar refractivity (Wildman–Crippen MR) is 85.8 cm³/mol. The van der Waals surface area contributed by atoms with Crippen LogP contribution in [0.1, 0.15) is 57.6 Å². The largest absolute Gasteiger partial charge is 0.383 e. The zero-order chi connectivity index (χ0) is 14.5. The number of anilines is 1. The van der Waals surface area contributed by atoms with Gasteiger partial charge in [0.15, 0.2) is 0 Å². The molecule has 0 aromatic carbocycles. The lowest BCUT2D eigenvalue weighted by Crippen LogP contribution is -2.29. The van der Waals surface area contributed by atoms with Gasteiger partial charge in [-0.1, -0.05) is 38.3 Å². The third kappa shape index (κ3) is 3.64. The molecule has 112 valence electrons. The minimum absolute atomic E-state index is 0.290. The molecule has 0 spiro atoms. The molecule has 0 amide bonds. The second-order valence-corrected chi connectivity index (χ2v) is 6.34. The molecule has 0 saturated heterocycles. The summed E-state index contributed by atoms with van der Waals surface area (Å²) >= 11 is 6.11. The van der Waals surface area contributed by atoms with Crippen molar-refractivity contribution >= 4 is 17.4 Å². The Kier molecular flexibility index (Phi) is 5.67. The van der Waals surface area contributed by atoms with Crippen LogP contribution in [0.5, 0.6) is 0 Å². The molecule has 0 bridgehead atoms. The van der Waals surface area contributed by atoms with Crippen LogP contribution in [0.15, 0.2) is 12.3 Å². The summed E-state index contributed by atoms with van der Waals surface area (Å²) in [7, 11) is 0. The third-order valence-corrected chi connectivity index (χ3v) is 4.70. The topological polar surface area (TPSA) is 50.9 Å². The first-order chi connectivity index (χ1) is 9.65. The van der Waals surface area contributed by atoms with Gasteiger partial charge in [0.05, 0.1) is 5.02 Å². The van der Waals surface area contributed by atoms with E-state index in [1.807, 2.05) is 6.07 Å². The van der Waals surface area contributed by atoms with Gasteiger partial charge in [0.2, 0.25) is 0 Å². The number of pyridine rings is 1. The van der Waals surface area contributed by atoms with Gasteiger partial charge in [-0.3, -0.25) is 0 Å². The number of nitrogens with zero attached hydrogens (tertiary/aromatic N) is 1. The summed E-state index contributed by atoms with van der Waals surface area (Å²) in [6.07, 6.45) is 7.91. The molecule has 1 saturated carbocycles. The van der Waals surface area contributed by atoms with Gasteiger partial charge in [0.25, 0.3) is 0 Å². The summed E-state index contributed by atoms with van der Waals surface area (Å²) < 4.78 is 0. The molecule has 3 unspecified atom stereocenters. The minimum Gasteiger partial charge on any atom is -0.383 e. The summed E-state index contributed by atoms with van der Waals surface area (Å²) in [6, 6.07) is 2.27. The van der Waals surface area contributed by atoms with E-state index in [1.165, 1.54) is 25.7 Å². The van der Waals surface area contributed by atoms with E-state index < -0.39 is 0 Å². The molecule has 1 heterocycles. The van der Waals surface area contributed by atoms with Crippen LogP contribution in [0.3, 0.4) is 0 Å². The Bertz CT molecular complexity index is 436. The third-order valence-electron chi connectivity index (χ3n) is 4.50. The van der Waals surface area contributed by atoms with Crippen LogP contribution < -0.4 is 11.1 Å². The van der Waals surface area contributed by atoms with Crippen LogP contribution in [0.25, 0.3) is 0 Å². The number of nitrogen functional groups attached to an aromatic ring is 1. The second kappa shape index (κ2) is 7.28. The van der Waals surface area contributed by atoms with Crippen LogP contribution >= 0.6 is 11.6 Å². The highest BCUT2D eigenvalue weighted by Gasteiger charge is 2.31. The molecular weight excluding hydrogens is 270 g/mol. The Balaban J connectivity index is 2.20. The molecule has 3 nitrogen and oxygen atoms in total. The fourth-order valence-corrected chi connectivity index (χ4v) is 3.50. The van der Waals surface area contributed by atoms with Gasteiger partial charge in [-0.15, -0.1) is 0 Å². The number of rotatable bonds is 6. The summed E-state index contributed by atoms with van der Waals surface area (Å²) in [5, 5.41) is 4.33. The molecule has 1 aliphatic rings. The molecule has 2 rings (SSSR count). The first kappa shape index (κ1) is 15.6. The zero-order valence-corrected chi connectivity index (χ0v) is 13.3. The predicted octanol–water partition coefficient (Wildman–Crippen LogP) is 4.18. The van der Waals surface area contributed by atoms with Gasteiger partial charge in [0, 0.05) is 17.8 Å². The van der Waals surface area contributed by atoms with Gasteiger partial charge in [-0.05, 0) is 43.7 Å². The number of nitrogens with one attached hydrogen (secondary N) is 1. The normalized spacial score (nSPS) is 23.9. The maximum atomic E-state index is 6.11. The van der Waals surface area contributed by atoms with E-state index in [2.05, 4.69) is 24.1 Å². The number of nitrogens with two attached hydrogens (primary N) is 1. The molecule has 1 aliphatic carbocycles. The lowest BCUT2D eigenvalue weighted by molar-refractivity contribution is 0.354. The van der Waals surface area contributed by atoms with E-state index in [4.69, 9.17) is 17.3 Å². The van der Waals surface area contributed by atoms with E-state index in [-0.39, 0.29) is 6.04 Å². The van der Waals surface area contributed by atoms with E-state index in [0.29, 0.717) is 16.8 Å². The van der Waals surface area contributed by atoms with Gasteiger partial charge in [-0.25, -0.2) is 4.98 Å². The fraction of sp³-hybridized carbons (Fsp3) is 0.688. The van der Waals surface area contributed by atoms with Crippen LogP contribution in [0.4, 0.5) is 5.82 Å². The van der Waals surface area contributed by atoms with E-state index in [1.54, 1.807) is 6.20 Å².